The lowest BCUT2D eigenvalue weighted by Gasteiger charge is -2.56. The maximum absolute atomic E-state index is 12.3. The third-order valence-electron chi connectivity index (χ3n) is 5.71. The van der Waals surface area contributed by atoms with Gasteiger partial charge in [0.1, 0.15) is 0 Å². The second kappa shape index (κ2) is 6.99. The van der Waals surface area contributed by atoms with Crippen molar-refractivity contribution in [1.82, 2.24) is 5.32 Å². The van der Waals surface area contributed by atoms with Crippen molar-refractivity contribution >= 4 is 21.8 Å². The summed E-state index contributed by atoms with van der Waals surface area (Å²) in [5, 5.41) is 3.98. The fraction of sp³-hybridized carbons (Fsp3) is 0.941. The Kier molecular flexibility index (Phi) is 5.26. The minimum atomic E-state index is 0.275. The van der Waals surface area contributed by atoms with Crippen molar-refractivity contribution < 1.29 is 9.53 Å². The molecule has 1 amide bonds. The van der Waals surface area contributed by atoms with Gasteiger partial charge in [0.05, 0.1) is 6.61 Å². The molecule has 4 bridgehead atoms. The standard InChI is InChI=1S/C17H28BrNO2/c18-2-5-21-4-1-3-19-16(20)12-17-9-13-6-14(10-17)8-15(7-13)11-17/h13-15H,1-12H2,(H,19,20). The van der Waals surface area contributed by atoms with Crippen LogP contribution in [0, 0.1) is 23.2 Å². The number of halogens is 1. The van der Waals surface area contributed by atoms with Crippen molar-refractivity contribution in [2.24, 2.45) is 23.2 Å². The minimum absolute atomic E-state index is 0.275. The number of rotatable bonds is 8. The molecule has 0 saturated heterocycles. The van der Waals surface area contributed by atoms with E-state index in [2.05, 4.69) is 21.2 Å². The molecule has 21 heavy (non-hydrogen) atoms. The molecule has 120 valence electrons. The minimum Gasteiger partial charge on any atom is -0.381 e. The van der Waals surface area contributed by atoms with E-state index in [1.165, 1.54) is 38.5 Å². The zero-order chi connectivity index (χ0) is 14.7. The van der Waals surface area contributed by atoms with Crippen LogP contribution in [0.1, 0.15) is 51.4 Å². The summed E-state index contributed by atoms with van der Waals surface area (Å²) in [7, 11) is 0. The predicted molar refractivity (Wildman–Crippen MR) is 87.5 cm³/mol. The molecule has 0 unspecified atom stereocenters. The fourth-order valence-electron chi connectivity index (χ4n) is 5.47. The molecular weight excluding hydrogens is 330 g/mol. The maximum Gasteiger partial charge on any atom is 0.220 e. The molecule has 1 N–H and O–H groups in total. The molecule has 3 nitrogen and oxygen atoms in total. The Morgan fingerprint density at radius 2 is 1.71 bits per heavy atom. The van der Waals surface area contributed by atoms with Gasteiger partial charge in [0.25, 0.3) is 0 Å². The highest BCUT2D eigenvalue weighted by Gasteiger charge is 2.51. The first-order valence-electron chi connectivity index (χ1n) is 8.59. The van der Waals surface area contributed by atoms with Gasteiger partial charge in [-0.05, 0) is 68.1 Å². The highest BCUT2D eigenvalue weighted by molar-refractivity contribution is 9.09. The molecule has 4 heteroatoms. The molecule has 0 aliphatic heterocycles. The van der Waals surface area contributed by atoms with Crippen LogP contribution in [0.4, 0.5) is 0 Å². The molecule has 0 aromatic carbocycles. The average molecular weight is 358 g/mol. The van der Waals surface area contributed by atoms with Crippen molar-refractivity contribution in [3.05, 3.63) is 0 Å². The van der Waals surface area contributed by atoms with Gasteiger partial charge in [0.15, 0.2) is 0 Å². The van der Waals surface area contributed by atoms with Crippen LogP contribution < -0.4 is 5.32 Å². The van der Waals surface area contributed by atoms with E-state index in [9.17, 15) is 4.79 Å². The van der Waals surface area contributed by atoms with Crippen LogP contribution in [-0.4, -0.2) is 31.0 Å². The van der Waals surface area contributed by atoms with E-state index in [0.717, 1.165) is 55.7 Å². The van der Waals surface area contributed by atoms with E-state index in [4.69, 9.17) is 4.74 Å². The summed E-state index contributed by atoms with van der Waals surface area (Å²) in [6.45, 7) is 2.25. The molecule has 4 aliphatic rings. The average Bonchev–Trinajstić information content (AvgIpc) is 2.40. The fourth-order valence-corrected chi connectivity index (χ4v) is 5.70. The van der Waals surface area contributed by atoms with E-state index >= 15 is 0 Å². The molecule has 4 saturated carbocycles. The molecule has 0 radical (unpaired) electrons. The number of carbonyl (C=O) groups is 1. The summed E-state index contributed by atoms with van der Waals surface area (Å²) in [6.07, 6.45) is 10.0. The van der Waals surface area contributed by atoms with E-state index < -0.39 is 0 Å². The van der Waals surface area contributed by atoms with Gasteiger partial charge in [-0.25, -0.2) is 0 Å². The normalized spacial score (nSPS) is 36.9. The van der Waals surface area contributed by atoms with Crippen LogP contribution >= 0.6 is 15.9 Å². The molecule has 4 rings (SSSR count). The lowest BCUT2D eigenvalue weighted by Crippen LogP contribution is -2.48. The zero-order valence-corrected chi connectivity index (χ0v) is 14.5. The Morgan fingerprint density at radius 1 is 1.10 bits per heavy atom. The lowest BCUT2D eigenvalue weighted by atomic mass is 9.49. The van der Waals surface area contributed by atoms with Gasteiger partial charge in [0.2, 0.25) is 5.91 Å². The number of ether oxygens (including phenoxy) is 1. The van der Waals surface area contributed by atoms with Crippen LogP contribution in [0.2, 0.25) is 0 Å². The van der Waals surface area contributed by atoms with Gasteiger partial charge in [0, 0.05) is 24.9 Å². The quantitative estimate of drug-likeness (QED) is 0.533. The monoisotopic (exact) mass is 357 g/mol. The number of amides is 1. The molecule has 0 aromatic heterocycles. The van der Waals surface area contributed by atoms with Crippen molar-refractivity contribution in [3.8, 4) is 0 Å². The summed E-state index contributed by atoms with van der Waals surface area (Å²) >= 11 is 3.33. The maximum atomic E-state index is 12.3. The van der Waals surface area contributed by atoms with Crippen LogP contribution in [-0.2, 0) is 9.53 Å². The molecular formula is C17H28BrNO2. The number of carbonyl (C=O) groups excluding carboxylic acids is 1. The summed E-state index contributed by atoms with van der Waals surface area (Å²) in [5.41, 5.74) is 0.366. The summed E-state index contributed by atoms with van der Waals surface area (Å²) < 4.78 is 5.40. The SMILES string of the molecule is O=C(CC12CC3CC(CC(C3)C1)C2)NCCCOCCBr. The zero-order valence-electron chi connectivity index (χ0n) is 12.9. The smallest absolute Gasteiger partial charge is 0.220 e. The molecule has 0 atom stereocenters. The van der Waals surface area contributed by atoms with Gasteiger partial charge < -0.3 is 10.1 Å². The van der Waals surface area contributed by atoms with E-state index in [1.807, 2.05) is 0 Å². The molecule has 4 aliphatic carbocycles. The summed E-state index contributed by atoms with van der Waals surface area (Å²) in [4.78, 5) is 12.3. The van der Waals surface area contributed by atoms with Crippen LogP contribution in [0.3, 0.4) is 0 Å². The van der Waals surface area contributed by atoms with Crippen molar-refractivity contribution in [2.45, 2.75) is 51.4 Å². The topological polar surface area (TPSA) is 38.3 Å². The Morgan fingerprint density at radius 3 is 2.29 bits per heavy atom. The highest BCUT2D eigenvalue weighted by atomic mass is 79.9. The Hall–Kier alpha value is -0.0900. The number of hydrogen-bond acceptors (Lipinski definition) is 2. The van der Waals surface area contributed by atoms with Crippen LogP contribution in [0.15, 0.2) is 0 Å². The van der Waals surface area contributed by atoms with Gasteiger partial charge in [-0.3, -0.25) is 4.79 Å². The van der Waals surface area contributed by atoms with Crippen molar-refractivity contribution in [3.63, 3.8) is 0 Å². The first kappa shape index (κ1) is 15.8. The highest BCUT2D eigenvalue weighted by Crippen LogP contribution is 2.61. The van der Waals surface area contributed by atoms with Gasteiger partial charge >= 0.3 is 0 Å². The second-order valence-corrected chi connectivity index (χ2v) is 8.39. The number of hydrogen-bond donors (Lipinski definition) is 1. The number of alkyl halides is 1. The second-order valence-electron chi connectivity index (χ2n) is 7.60. The lowest BCUT2D eigenvalue weighted by molar-refractivity contribution is -0.129. The van der Waals surface area contributed by atoms with Crippen molar-refractivity contribution in [1.29, 1.82) is 0 Å². The molecule has 0 spiro atoms. The molecule has 4 fully saturated rings. The molecule has 0 heterocycles. The van der Waals surface area contributed by atoms with E-state index in [0.29, 0.717) is 5.41 Å². The van der Waals surface area contributed by atoms with Crippen LogP contribution in [0.5, 0.6) is 0 Å². The predicted octanol–water partition coefficient (Wildman–Crippen LogP) is 3.51. The first-order chi connectivity index (χ1) is 10.2. The van der Waals surface area contributed by atoms with Gasteiger partial charge in [-0.1, -0.05) is 15.9 Å². The Labute approximate surface area is 136 Å². The van der Waals surface area contributed by atoms with Gasteiger partial charge in [-0.15, -0.1) is 0 Å². The third kappa shape index (κ3) is 4.01. The van der Waals surface area contributed by atoms with Crippen molar-refractivity contribution in [2.75, 3.05) is 25.1 Å². The molecule has 0 aromatic rings. The van der Waals surface area contributed by atoms with Gasteiger partial charge in [-0.2, -0.15) is 0 Å². The Bertz CT molecular complexity index is 337. The van der Waals surface area contributed by atoms with Crippen LogP contribution in [0.25, 0.3) is 0 Å². The van der Waals surface area contributed by atoms with E-state index in [1.54, 1.807) is 0 Å². The first-order valence-corrected chi connectivity index (χ1v) is 9.72. The summed E-state index contributed by atoms with van der Waals surface area (Å²) in [6, 6.07) is 0. The number of nitrogens with one attached hydrogen (secondary N) is 1. The summed E-state index contributed by atoms with van der Waals surface area (Å²) in [5.74, 6) is 3.07. The Balaban J connectivity index is 1.39. The van der Waals surface area contributed by atoms with E-state index in [-0.39, 0.29) is 5.91 Å². The largest absolute Gasteiger partial charge is 0.381 e. The third-order valence-corrected chi connectivity index (χ3v) is 6.03.